The van der Waals surface area contributed by atoms with Crippen LogP contribution in [0.3, 0.4) is 0 Å². The molecule has 0 saturated carbocycles. The van der Waals surface area contributed by atoms with E-state index in [0.717, 1.165) is 11.3 Å². The highest BCUT2D eigenvalue weighted by atomic mass is 16.5. The minimum Gasteiger partial charge on any atom is -0.468 e. The number of hydrogen-bond donors (Lipinski definition) is 0. The normalized spacial score (nSPS) is 13.1. The number of rotatable bonds is 8. The van der Waals surface area contributed by atoms with Gasteiger partial charge in [-0.15, -0.1) is 0 Å². The van der Waals surface area contributed by atoms with Gasteiger partial charge >= 0.3 is 5.97 Å². The molecule has 0 amide bonds. The molecule has 0 fully saturated rings. The van der Waals surface area contributed by atoms with Crippen molar-refractivity contribution in [2.75, 3.05) is 20.8 Å². The van der Waals surface area contributed by atoms with Crippen molar-refractivity contribution in [2.45, 2.75) is 32.5 Å². The summed E-state index contributed by atoms with van der Waals surface area (Å²) in [6, 6.07) is 13.7. The summed E-state index contributed by atoms with van der Waals surface area (Å²) in [5.41, 5.74) is 1.12. The van der Waals surface area contributed by atoms with Gasteiger partial charge in [-0.25, -0.2) is 4.79 Å². The van der Waals surface area contributed by atoms with Crippen LogP contribution in [0.1, 0.15) is 31.2 Å². The number of hydrogen-bond acceptors (Lipinski definition) is 5. The van der Waals surface area contributed by atoms with E-state index < -0.39 is 5.97 Å². The molecule has 0 aliphatic carbocycles. The first-order chi connectivity index (χ1) is 13.1. The van der Waals surface area contributed by atoms with Crippen LogP contribution in [0.2, 0.25) is 0 Å². The highest BCUT2D eigenvalue weighted by molar-refractivity contribution is 5.88. The second kappa shape index (κ2) is 10.6. The zero-order chi connectivity index (χ0) is 19.6. The van der Waals surface area contributed by atoms with E-state index in [-0.39, 0.29) is 18.0 Å². The molecule has 0 N–H and O–H groups in total. The molecular formula is C22H27NO4. The van der Waals surface area contributed by atoms with Gasteiger partial charge in [-0.05, 0) is 23.6 Å². The van der Waals surface area contributed by atoms with Gasteiger partial charge in [0.2, 0.25) is 0 Å². The van der Waals surface area contributed by atoms with Crippen LogP contribution in [0.15, 0.2) is 53.1 Å². The van der Waals surface area contributed by atoms with Crippen LogP contribution in [-0.2, 0) is 20.8 Å². The molecule has 0 aliphatic heterocycles. The number of esters is 1. The predicted molar refractivity (Wildman–Crippen MR) is 104 cm³/mol. The largest absolute Gasteiger partial charge is 0.468 e. The fourth-order valence-electron chi connectivity index (χ4n) is 3.02. The van der Waals surface area contributed by atoms with Gasteiger partial charge in [0.1, 0.15) is 5.76 Å². The second-order valence-corrected chi connectivity index (χ2v) is 6.58. The molecule has 0 unspecified atom stereocenters. The first-order valence-electron chi connectivity index (χ1n) is 8.98. The quantitative estimate of drug-likeness (QED) is 0.404. The molecule has 2 aromatic rings. The molecule has 1 aromatic carbocycles. The van der Waals surface area contributed by atoms with Crippen molar-refractivity contribution in [2.24, 2.45) is 5.92 Å². The van der Waals surface area contributed by atoms with E-state index in [1.807, 2.05) is 30.3 Å². The summed E-state index contributed by atoms with van der Waals surface area (Å²) in [6.45, 7) is 5.21. The summed E-state index contributed by atoms with van der Waals surface area (Å²) in [6.07, 6.45) is 1.66. The van der Waals surface area contributed by atoms with E-state index in [9.17, 15) is 4.79 Å². The summed E-state index contributed by atoms with van der Waals surface area (Å²) in [5.74, 6) is 6.16. The topological polar surface area (TPSA) is 51.9 Å². The fourth-order valence-corrected chi connectivity index (χ4v) is 3.02. The van der Waals surface area contributed by atoms with Crippen LogP contribution >= 0.6 is 0 Å². The molecule has 2 rings (SSSR count). The van der Waals surface area contributed by atoms with Crippen molar-refractivity contribution in [3.05, 3.63) is 60.1 Å². The van der Waals surface area contributed by atoms with E-state index in [4.69, 9.17) is 9.15 Å². The summed E-state index contributed by atoms with van der Waals surface area (Å²) in [4.78, 5) is 13.8. The summed E-state index contributed by atoms with van der Waals surface area (Å²) < 4.78 is 15.8. The average Bonchev–Trinajstić information content (AvgIpc) is 3.19. The molecule has 0 bridgehead atoms. The van der Waals surface area contributed by atoms with Crippen LogP contribution in [0, 0.1) is 17.8 Å². The number of ether oxygens (including phenoxy) is 2. The molecule has 2 atom stereocenters. The summed E-state index contributed by atoms with van der Waals surface area (Å²) >= 11 is 0. The standard InChI is InChI=1S/C22H27NO4/c1-17(2)20(12-13-22(24)26-4)23(15-19-11-8-14-27-19)21(16-25-3)18-9-6-5-7-10-18/h5-11,14,17,20-21H,15-16H2,1-4H3/t20-,21-/m0/s1. The van der Waals surface area contributed by atoms with Crippen LogP contribution in [0.25, 0.3) is 0 Å². The third-order valence-electron chi connectivity index (χ3n) is 4.32. The predicted octanol–water partition coefficient (Wildman–Crippen LogP) is 3.67. The van der Waals surface area contributed by atoms with E-state index in [1.165, 1.54) is 7.11 Å². The molecule has 5 heteroatoms. The van der Waals surface area contributed by atoms with Crippen molar-refractivity contribution < 1.29 is 18.7 Å². The maximum atomic E-state index is 11.6. The van der Waals surface area contributed by atoms with Crippen molar-refractivity contribution >= 4 is 5.97 Å². The molecule has 0 saturated heterocycles. The Labute approximate surface area is 161 Å². The summed E-state index contributed by atoms with van der Waals surface area (Å²) in [5, 5.41) is 0. The lowest BCUT2D eigenvalue weighted by Crippen LogP contribution is -2.42. The molecule has 0 radical (unpaired) electrons. The Morgan fingerprint density at radius 3 is 2.44 bits per heavy atom. The Hall–Kier alpha value is -2.55. The van der Waals surface area contributed by atoms with Gasteiger partial charge < -0.3 is 13.9 Å². The van der Waals surface area contributed by atoms with Gasteiger partial charge in [0, 0.05) is 13.0 Å². The third kappa shape index (κ3) is 5.99. The first kappa shape index (κ1) is 20.8. The van der Waals surface area contributed by atoms with Gasteiger partial charge in [0.15, 0.2) is 0 Å². The van der Waals surface area contributed by atoms with Gasteiger partial charge in [0.05, 0.1) is 38.6 Å². The number of methoxy groups -OCH3 is 2. The Kier molecular flexibility index (Phi) is 8.12. The van der Waals surface area contributed by atoms with Gasteiger partial charge in [-0.2, -0.15) is 0 Å². The Morgan fingerprint density at radius 1 is 1.15 bits per heavy atom. The van der Waals surface area contributed by atoms with E-state index >= 15 is 0 Å². The smallest absolute Gasteiger partial charge is 0.384 e. The number of benzene rings is 1. The molecule has 27 heavy (non-hydrogen) atoms. The zero-order valence-electron chi connectivity index (χ0n) is 16.3. The van der Waals surface area contributed by atoms with E-state index in [2.05, 4.69) is 47.5 Å². The Morgan fingerprint density at radius 2 is 1.89 bits per heavy atom. The zero-order valence-corrected chi connectivity index (χ0v) is 16.3. The molecule has 144 valence electrons. The van der Waals surface area contributed by atoms with Gasteiger partial charge in [-0.1, -0.05) is 50.1 Å². The Balaban J connectivity index is 2.45. The molecule has 1 heterocycles. The number of furan rings is 1. The monoisotopic (exact) mass is 369 g/mol. The first-order valence-corrected chi connectivity index (χ1v) is 8.98. The molecule has 5 nitrogen and oxygen atoms in total. The number of nitrogens with zero attached hydrogens (tertiary/aromatic N) is 1. The average molecular weight is 369 g/mol. The molecular weight excluding hydrogens is 342 g/mol. The lowest BCUT2D eigenvalue weighted by molar-refractivity contribution is -0.133. The number of carbonyl (C=O) groups is 1. The lowest BCUT2D eigenvalue weighted by Gasteiger charge is -2.37. The molecule has 1 aromatic heterocycles. The van der Waals surface area contributed by atoms with Gasteiger partial charge in [0.25, 0.3) is 0 Å². The Bertz CT molecular complexity index is 744. The van der Waals surface area contributed by atoms with Crippen molar-refractivity contribution in [3.63, 3.8) is 0 Å². The molecule has 0 spiro atoms. The second-order valence-electron chi connectivity index (χ2n) is 6.58. The lowest BCUT2D eigenvalue weighted by atomic mass is 9.97. The van der Waals surface area contributed by atoms with Crippen LogP contribution in [0.4, 0.5) is 0 Å². The van der Waals surface area contributed by atoms with Crippen LogP contribution in [-0.4, -0.2) is 37.7 Å². The SMILES string of the molecule is COC[C@@H](c1ccccc1)N(Cc1ccco1)[C@@H](C#CC(=O)OC)C(C)C. The highest BCUT2D eigenvalue weighted by Crippen LogP contribution is 2.28. The maximum absolute atomic E-state index is 11.6. The molecule has 0 aliphatic rings. The maximum Gasteiger partial charge on any atom is 0.384 e. The summed E-state index contributed by atoms with van der Waals surface area (Å²) in [7, 11) is 3.02. The van der Waals surface area contributed by atoms with Crippen LogP contribution < -0.4 is 0 Å². The van der Waals surface area contributed by atoms with Crippen molar-refractivity contribution in [3.8, 4) is 11.8 Å². The third-order valence-corrected chi connectivity index (χ3v) is 4.32. The van der Waals surface area contributed by atoms with Crippen molar-refractivity contribution in [1.82, 2.24) is 4.90 Å². The minimum absolute atomic E-state index is 0.0411. The highest BCUT2D eigenvalue weighted by Gasteiger charge is 2.29. The minimum atomic E-state index is -0.540. The van der Waals surface area contributed by atoms with Crippen molar-refractivity contribution in [1.29, 1.82) is 0 Å². The van der Waals surface area contributed by atoms with Crippen LogP contribution in [0.5, 0.6) is 0 Å². The van der Waals surface area contributed by atoms with E-state index in [0.29, 0.717) is 13.2 Å². The fraction of sp³-hybridized carbons (Fsp3) is 0.409. The van der Waals surface area contributed by atoms with Gasteiger partial charge in [-0.3, -0.25) is 4.90 Å². The number of carbonyl (C=O) groups excluding carboxylic acids is 1. The van der Waals surface area contributed by atoms with E-state index in [1.54, 1.807) is 13.4 Å².